The summed E-state index contributed by atoms with van der Waals surface area (Å²) in [5.74, 6) is 0. The molecule has 0 heteroatoms. The molecule has 0 heterocycles. The molecule has 0 unspecified atom stereocenters. The van der Waals surface area contributed by atoms with Crippen molar-refractivity contribution in [2.45, 2.75) is 39.5 Å². The average molecular weight is 110 g/mol. The molecule has 0 atom stereocenters. The monoisotopic (exact) mass is 110 g/mol. The van der Waals surface area contributed by atoms with Crippen LogP contribution in [0.5, 0.6) is 0 Å². The van der Waals surface area contributed by atoms with Crippen LogP contribution in [0.4, 0.5) is 0 Å². The third-order valence-electron chi connectivity index (χ3n) is 3.46. The Labute approximate surface area is 51.3 Å². The highest BCUT2D eigenvalue weighted by Gasteiger charge is 2.58. The Morgan fingerprint density at radius 1 is 0.750 bits per heavy atom. The Balaban J connectivity index is 2.15. The quantitative estimate of drug-likeness (QED) is 0.486. The summed E-state index contributed by atoms with van der Waals surface area (Å²) in [6.07, 6.45) is 6.01. The first-order valence-electron chi connectivity index (χ1n) is 3.66. The maximum Gasteiger partial charge on any atom is -0.0272 e. The lowest BCUT2D eigenvalue weighted by atomic mass is 9.90. The van der Waals surface area contributed by atoms with Crippen molar-refractivity contribution >= 4 is 0 Å². The first kappa shape index (κ1) is 4.84. The van der Waals surface area contributed by atoms with E-state index in [0.29, 0.717) is 0 Å². The fourth-order valence-corrected chi connectivity index (χ4v) is 1.58. The average Bonchev–Trinajstić information content (AvgIpc) is 2.46. The van der Waals surface area contributed by atoms with E-state index in [9.17, 15) is 0 Å². The number of rotatable bonds is 1. The summed E-state index contributed by atoms with van der Waals surface area (Å²) in [6.45, 7) is 4.89. The Morgan fingerprint density at radius 2 is 1.00 bits per heavy atom. The first-order chi connectivity index (χ1) is 3.66. The van der Waals surface area contributed by atoms with Gasteiger partial charge in [-0.1, -0.05) is 13.8 Å². The van der Waals surface area contributed by atoms with Crippen molar-refractivity contribution in [3.8, 4) is 0 Å². The summed E-state index contributed by atoms with van der Waals surface area (Å²) < 4.78 is 0. The molecular weight excluding hydrogens is 96.1 g/mol. The van der Waals surface area contributed by atoms with E-state index in [1.165, 1.54) is 25.7 Å². The molecule has 0 aromatic heterocycles. The van der Waals surface area contributed by atoms with E-state index in [0.717, 1.165) is 10.8 Å². The second kappa shape index (κ2) is 0.984. The summed E-state index contributed by atoms with van der Waals surface area (Å²) in [7, 11) is 0. The van der Waals surface area contributed by atoms with Gasteiger partial charge in [-0.25, -0.2) is 0 Å². The smallest absolute Gasteiger partial charge is 0.0272 e. The number of hydrogen-bond acceptors (Lipinski definition) is 0. The summed E-state index contributed by atoms with van der Waals surface area (Å²) in [5, 5.41) is 0. The van der Waals surface area contributed by atoms with E-state index in [2.05, 4.69) is 13.8 Å². The number of hydrogen-bond donors (Lipinski definition) is 0. The molecule has 0 radical (unpaired) electrons. The zero-order chi connectivity index (χ0) is 5.83. The molecule has 0 spiro atoms. The van der Waals surface area contributed by atoms with E-state index < -0.39 is 0 Å². The second-order valence-electron chi connectivity index (χ2n) is 4.12. The molecule has 2 fully saturated rings. The van der Waals surface area contributed by atoms with Crippen LogP contribution in [0.3, 0.4) is 0 Å². The van der Waals surface area contributed by atoms with Gasteiger partial charge >= 0.3 is 0 Å². The molecule has 0 amide bonds. The lowest BCUT2D eigenvalue weighted by Gasteiger charge is -2.15. The van der Waals surface area contributed by atoms with E-state index >= 15 is 0 Å². The zero-order valence-electron chi connectivity index (χ0n) is 5.83. The van der Waals surface area contributed by atoms with Crippen LogP contribution < -0.4 is 0 Å². The van der Waals surface area contributed by atoms with E-state index in [1.54, 1.807) is 0 Å². The van der Waals surface area contributed by atoms with Gasteiger partial charge in [-0.3, -0.25) is 0 Å². The minimum Gasteiger partial charge on any atom is -0.0591 e. The van der Waals surface area contributed by atoms with Crippen molar-refractivity contribution in [2.75, 3.05) is 0 Å². The topological polar surface area (TPSA) is 0 Å². The normalized spacial score (nSPS) is 36.8. The fraction of sp³-hybridized carbons (Fsp3) is 1.00. The molecular formula is C8H14. The Kier molecular flexibility index (Phi) is 0.595. The van der Waals surface area contributed by atoms with Crippen LogP contribution >= 0.6 is 0 Å². The molecule has 0 nitrogen and oxygen atoms in total. The van der Waals surface area contributed by atoms with Crippen LogP contribution in [-0.4, -0.2) is 0 Å². The van der Waals surface area contributed by atoms with Crippen molar-refractivity contribution in [1.82, 2.24) is 0 Å². The highest BCUT2D eigenvalue weighted by molar-refractivity contribution is 5.09. The molecule has 2 aliphatic carbocycles. The molecule has 8 heavy (non-hydrogen) atoms. The lowest BCUT2D eigenvalue weighted by molar-refractivity contribution is 0.340. The molecule has 2 rings (SSSR count). The molecule has 0 aromatic carbocycles. The van der Waals surface area contributed by atoms with Crippen molar-refractivity contribution < 1.29 is 0 Å². The zero-order valence-corrected chi connectivity index (χ0v) is 5.83. The third kappa shape index (κ3) is 0.416. The molecule has 0 aromatic rings. The van der Waals surface area contributed by atoms with Crippen molar-refractivity contribution in [1.29, 1.82) is 0 Å². The van der Waals surface area contributed by atoms with Crippen LogP contribution in [-0.2, 0) is 0 Å². The molecule has 2 saturated carbocycles. The minimum absolute atomic E-state index is 0.799. The maximum absolute atomic E-state index is 2.44. The van der Waals surface area contributed by atoms with Gasteiger partial charge in [0.05, 0.1) is 0 Å². The van der Waals surface area contributed by atoms with Crippen LogP contribution in [0, 0.1) is 10.8 Å². The Hall–Kier alpha value is 0. The second-order valence-corrected chi connectivity index (χ2v) is 4.12. The summed E-state index contributed by atoms with van der Waals surface area (Å²) in [5.41, 5.74) is 1.60. The van der Waals surface area contributed by atoms with Gasteiger partial charge in [-0.2, -0.15) is 0 Å². The summed E-state index contributed by atoms with van der Waals surface area (Å²) in [4.78, 5) is 0. The van der Waals surface area contributed by atoms with Gasteiger partial charge in [0.25, 0.3) is 0 Å². The predicted octanol–water partition coefficient (Wildman–Crippen LogP) is 2.59. The third-order valence-corrected chi connectivity index (χ3v) is 3.46. The standard InChI is InChI=1S/C8H14/c1-7(3-4-7)8(2)5-6-8/h3-6H2,1-2H3. The molecule has 46 valence electrons. The van der Waals surface area contributed by atoms with Crippen molar-refractivity contribution in [3.05, 3.63) is 0 Å². The minimum atomic E-state index is 0.799. The highest BCUT2D eigenvalue weighted by atomic mass is 14.6. The largest absolute Gasteiger partial charge is 0.0591 e. The predicted molar refractivity (Wildman–Crippen MR) is 34.7 cm³/mol. The van der Waals surface area contributed by atoms with Gasteiger partial charge in [0.2, 0.25) is 0 Å². The summed E-state index contributed by atoms with van der Waals surface area (Å²) >= 11 is 0. The van der Waals surface area contributed by atoms with E-state index in [4.69, 9.17) is 0 Å². The fourth-order valence-electron chi connectivity index (χ4n) is 1.58. The first-order valence-corrected chi connectivity index (χ1v) is 3.66. The van der Waals surface area contributed by atoms with Gasteiger partial charge in [-0.05, 0) is 36.5 Å². The highest BCUT2D eigenvalue weighted by Crippen LogP contribution is 2.69. The molecule has 2 aliphatic rings. The van der Waals surface area contributed by atoms with Crippen LogP contribution in [0.1, 0.15) is 39.5 Å². The van der Waals surface area contributed by atoms with Crippen LogP contribution in [0.15, 0.2) is 0 Å². The maximum atomic E-state index is 2.44. The van der Waals surface area contributed by atoms with Crippen LogP contribution in [0.25, 0.3) is 0 Å². The molecule has 0 aliphatic heterocycles. The van der Waals surface area contributed by atoms with E-state index in [-0.39, 0.29) is 0 Å². The SMILES string of the molecule is CC1(C2(C)CC2)CC1. The van der Waals surface area contributed by atoms with Gasteiger partial charge in [0.15, 0.2) is 0 Å². The lowest BCUT2D eigenvalue weighted by Crippen LogP contribution is -2.07. The van der Waals surface area contributed by atoms with Gasteiger partial charge < -0.3 is 0 Å². The van der Waals surface area contributed by atoms with E-state index in [1.807, 2.05) is 0 Å². The Morgan fingerprint density at radius 3 is 1.12 bits per heavy atom. The molecule has 0 saturated heterocycles. The van der Waals surface area contributed by atoms with Gasteiger partial charge in [0, 0.05) is 0 Å². The van der Waals surface area contributed by atoms with Gasteiger partial charge in [-0.15, -0.1) is 0 Å². The summed E-state index contributed by atoms with van der Waals surface area (Å²) in [6, 6.07) is 0. The van der Waals surface area contributed by atoms with Crippen molar-refractivity contribution in [2.24, 2.45) is 10.8 Å². The van der Waals surface area contributed by atoms with Crippen LogP contribution in [0.2, 0.25) is 0 Å². The molecule has 0 bridgehead atoms. The molecule has 0 N–H and O–H groups in total. The van der Waals surface area contributed by atoms with Crippen molar-refractivity contribution in [3.63, 3.8) is 0 Å². The Bertz CT molecular complexity index is 100. The van der Waals surface area contributed by atoms with Gasteiger partial charge in [0.1, 0.15) is 0 Å².